The zero-order chi connectivity index (χ0) is 14.4. The number of nitrogens with two attached hydrogens (primary N) is 1. The van der Waals surface area contributed by atoms with Crippen LogP contribution in [0.15, 0.2) is 36.4 Å². The molecule has 3 rings (SSSR count). The Bertz CT molecular complexity index is 796. The minimum absolute atomic E-state index is 0.0333. The molecule has 1 aliphatic rings. The predicted octanol–water partition coefficient (Wildman–Crippen LogP) is 2.21. The Morgan fingerprint density at radius 1 is 0.900 bits per heavy atom. The summed E-state index contributed by atoms with van der Waals surface area (Å²) >= 11 is 5.93. The summed E-state index contributed by atoms with van der Waals surface area (Å²) in [5, 5.41) is 0.0665. The molecule has 20 heavy (non-hydrogen) atoms. The van der Waals surface area contributed by atoms with Gasteiger partial charge in [0.05, 0.1) is 10.6 Å². The standard InChI is InChI=1S/C15H8ClNO3/c16-12-6-10-9(5-11(12)15(17)20)13(18)7-3-1-2-4-8(7)14(10)19/h1-6H,(H2,17,20). The van der Waals surface area contributed by atoms with Gasteiger partial charge in [0.2, 0.25) is 5.91 Å². The Kier molecular flexibility index (Phi) is 2.69. The van der Waals surface area contributed by atoms with Gasteiger partial charge in [-0.2, -0.15) is 0 Å². The number of carbonyl (C=O) groups is 3. The molecule has 0 spiro atoms. The molecule has 0 radical (unpaired) electrons. The molecule has 5 heteroatoms. The molecule has 0 fully saturated rings. The Balaban J connectivity index is 2.31. The molecule has 0 saturated heterocycles. The first-order chi connectivity index (χ1) is 9.50. The lowest BCUT2D eigenvalue weighted by atomic mass is 9.83. The fourth-order valence-electron chi connectivity index (χ4n) is 2.31. The Labute approximate surface area is 119 Å². The van der Waals surface area contributed by atoms with Crippen LogP contribution in [0, 0.1) is 0 Å². The molecular weight excluding hydrogens is 278 g/mol. The highest BCUT2D eigenvalue weighted by atomic mass is 35.5. The lowest BCUT2D eigenvalue weighted by Gasteiger charge is -2.18. The fourth-order valence-corrected chi connectivity index (χ4v) is 2.56. The van der Waals surface area contributed by atoms with E-state index in [1.807, 2.05) is 0 Å². The van der Waals surface area contributed by atoms with Gasteiger partial charge in [-0.15, -0.1) is 0 Å². The van der Waals surface area contributed by atoms with Crippen molar-refractivity contribution < 1.29 is 14.4 Å². The summed E-state index contributed by atoms with van der Waals surface area (Å²) in [6.07, 6.45) is 0. The van der Waals surface area contributed by atoms with E-state index in [2.05, 4.69) is 0 Å². The van der Waals surface area contributed by atoms with Gasteiger partial charge in [-0.3, -0.25) is 14.4 Å². The van der Waals surface area contributed by atoms with Crippen LogP contribution in [0.4, 0.5) is 0 Å². The average molecular weight is 286 g/mol. The number of rotatable bonds is 1. The number of hydrogen-bond acceptors (Lipinski definition) is 3. The van der Waals surface area contributed by atoms with Crippen LogP contribution in [0.2, 0.25) is 5.02 Å². The molecule has 2 aromatic rings. The van der Waals surface area contributed by atoms with Gasteiger partial charge < -0.3 is 5.73 Å². The maximum atomic E-state index is 12.4. The van der Waals surface area contributed by atoms with E-state index in [1.165, 1.54) is 12.1 Å². The topological polar surface area (TPSA) is 77.2 Å². The van der Waals surface area contributed by atoms with Gasteiger partial charge in [0, 0.05) is 22.3 Å². The molecule has 0 bridgehead atoms. The fraction of sp³-hybridized carbons (Fsp3) is 0. The van der Waals surface area contributed by atoms with Crippen molar-refractivity contribution in [2.45, 2.75) is 0 Å². The van der Waals surface area contributed by atoms with Gasteiger partial charge in [-0.1, -0.05) is 35.9 Å². The van der Waals surface area contributed by atoms with Gasteiger partial charge >= 0.3 is 0 Å². The normalized spacial score (nSPS) is 12.8. The van der Waals surface area contributed by atoms with Crippen molar-refractivity contribution in [3.63, 3.8) is 0 Å². The molecule has 98 valence electrons. The van der Waals surface area contributed by atoms with Crippen LogP contribution in [0.25, 0.3) is 0 Å². The van der Waals surface area contributed by atoms with Crippen LogP contribution in [-0.2, 0) is 0 Å². The van der Waals surface area contributed by atoms with Crippen LogP contribution in [0.5, 0.6) is 0 Å². The largest absolute Gasteiger partial charge is 0.366 e. The Morgan fingerprint density at radius 2 is 1.40 bits per heavy atom. The monoisotopic (exact) mass is 285 g/mol. The number of benzene rings is 2. The van der Waals surface area contributed by atoms with Crippen molar-refractivity contribution in [3.05, 3.63) is 69.2 Å². The highest BCUT2D eigenvalue weighted by Gasteiger charge is 2.30. The van der Waals surface area contributed by atoms with Gasteiger partial charge in [0.1, 0.15) is 0 Å². The summed E-state index contributed by atoms with van der Waals surface area (Å²) in [6.45, 7) is 0. The van der Waals surface area contributed by atoms with Crippen LogP contribution in [0.1, 0.15) is 42.2 Å². The smallest absolute Gasteiger partial charge is 0.250 e. The zero-order valence-electron chi connectivity index (χ0n) is 10.1. The summed E-state index contributed by atoms with van der Waals surface area (Å²) in [6, 6.07) is 9.16. The van der Waals surface area contributed by atoms with E-state index in [0.717, 1.165) is 0 Å². The summed E-state index contributed by atoms with van der Waals surface area (Å²) in [5.41, 5.74) is 6.26. The number of carbonyl (C=O) groups excluding carboxylic acids is 3. The molecule has 0 aliphatic heterocycles. The summed E-state index contributed by atoms with van der Waals surface area (Å²) in [5.74, 6) is -1.33. The minimum atomic E-state index is -0.739. The summed E-state index contributed by atoms with van der Waals surface area (Å²) < 4.78 is 0. The molecule has 4 nitrogen and oxygen atoms in total. The maximum absolute atomic E-state index is 12.4. The van der Waals surface area contributed by atoms with E-state index in [-0.39, 0.29) is 33.3 Å². The van der Waals surface area contributed by atoms with Crippen molar-refractivity contribution in [3.8, 4) is 0 Å². The van der Waals surface area contributed by atoms with Crippen LogP contribution < -0.4 is 5.73 Å². The molecular formula is C15H8ClNO3. The number of primary amides is 1. The summed E-state index contributed by atoms with van der Waals surface area (Å²) in [7, 11) is 0. The first-order valence-electron chi connectivity index (χ1n) is 5.82. The Morgan fingerprint density at radius 3 is 1.90 bits per heavy atom. The van der Waals surface area contributed by atoms with Gasteiger partial charge in [0.25, 0.3) is 0 Å². The van der Waals surface area contributed by atoms with E-state index in [1.54, 1.807) is 24.3 Å². The first-order valence-corrected chi connectivity index (χ1v) is 6.20. The van der Waals surface area contributed by atoms with Crippen molar-refractivity contribution >= 4 is 29.1 Å². The molecule has 2 aromatic carbocycles. The first kappa shape index (κ1) is 12.6. The third-order valence-corrected chi connectivity index (χ3v) is 3.59. The molecule has 1 aliphatic carbocycles. The van der Waals surface area contributed by atoms with E-state index >= 15 is 0 Å². The van der Waals surface area contributed by atoms with Crippen molar-refractivity contribution in [1.29, 1.82) is 0 Å². The molecule has 0 saturated carbocycles. The number of hydrogen-bond donors (Lipinski definition) is 1. The van der Waals surface area contributed by atoms with E-state index < -0.39 is 5.91 Å². The molecule has 0 aromatic heterocycles. The second kappa shape index (κ2) is 4.28. The molecule has 1 amide bonds. The van der Waals surface area contributed by atoms with Crippen molar-refractivity contribution in [2.24, 2.45) is 5.73 Å². The van der Waals surface area contributed by atoms with Crippen molar-refractivity contribution in [2.75, 3.05) is 0 Å². The van der Waals surface area contributed by atoms with Gasteiger partial charge in [0.15, 0.2) is 11.6 Å². The molecule has 0 heterocycles. The molecule has 0 unspecified atom stereocenters. The third kappa shape index (κ3) is 1.66. The molecule has 2 N–H and O–H groups in total. The molecule has 0 atom stereocenters. The third-order valence-electron chi connectivity index (χ3n) is 3.28. The van der Waals surface area contributed by atoms with E-state index in [4.69, 9.17) is 17.3 Å². The van der Waals surface area contributed by atoms with Gasteiger partial charge in [-0.25, -0.2) is 0 Å². The number of ketones is 2. The number of amides is 1. The highest BCUT2D eigenvalue weighted by Crippen LogP contribution is 2.30. The van der Waals surface area contributed by atoms with Crippen LogP contribution in [0.3, 0.4) is 0 Å². The average Bonchev–Trinajstić information content (AvgIpc) is 2.44. The quantitative estimate of drug-likeness (QED) is 0.744. The minimum Gasteiger partial charge on any atom is -0.366 e. The van der Waals surface area contributed by atoms with Crippen LogP contribution in [-0.4, -0.2) is 17.5 Å². The van der Waals surface area contributed by atoms with Crippen LogP contribution >= 0.6 is 11.6 Å². The maximum Gasteiger partial charge on any atom is 0.250 e. The lowest BCUT2D eigenvalue weighted by Crippen LogP contribution is -2.22. The second-order valence-electron chi connectivity index (χ2n) is 4.45. The number of fused-ring (bicyclic) bond motifs is 2. The lowest BCUT2D eigenvalue weighted by molar-refractivity contribution is 0.0977. The number of halogens is 1. The SMILES string of the molecule is NC(=O)c1cc2c(cc1Cl)C(=O)c1ccccc1C2=O. The highest BCUT2D eigenvalue weighted by molar-refractivity contribution is 6.36. The summed E-state index contributed by atoms with van der Waals surface area (Å²) in [4.78, 5) is 36.0. The Hall–Kier alpha value is -2.46. The van der Waals surface area contributed by atoms with Gasteiger partial charge in [-0.05, 0) is 12.1 Å². The predicted molar refractivity (Wildman–Crippen MR) is 73.3 cm³/mol. The van der Waals surface area contributed by atoms with Crippen molar-refractivity contribution in [1.82, 2.24) is 0 Å². The van der Waals surface area contributed by atoms with E-state index in [9.17, 15) is 14.4 Å². The zero-order valence-corrected chi connectivity index (χ0v) is 10.9. The van der Waals surface area contributed by atoms with E-state index in [0.29, 0.717) is 11.1 Å². The second-order valence-corrected chi connectivity index (χ2v) is 4.85.